The molecule has 0 N–H and O–H groups in total. The van der Waals surface area contributed by atoms with Crippen LogP contribution >= 0.6 is 11.3 Å². The minimum Gasteiger partial charge on any atom is -0.347 e. The molecule has 0 unspecified atom stereocenters. The van der Waals surface area contributed by atoms with Gasteiger partial charge in [0.25, 0.3) is 0 Å². The first kappa shape index (κ1) is 23.8. The Hall–Kier alpha value is -3.53. The second kappa shape index (κ2) is 10.1. The largest absolute Gasteiger partial charge is 0.347 e. The van der Waals surface area contributed by atoms with Gasteiger partial charge in [0.1, 0.15) is 0 Å². The number of carbonyl (C=O) groups excluding carboxylic acids is 1. The molecule has 4 aromatic rings. The van der Waals surface area contributed by atoms with Crippen LogP contribution in [0.1, 0.15) is 38.2 Å². The highest BCUT2D eigenvalue weighted by Crippen LogP contribution is 2.31. The Kier molecular flexibility index (Phi) is 6.50. The number of anilines is 2. The van der Waals surface area contributed by atoms with Crippen molar-refractivity contribution in [3.8, 4) is 11.3 Å². The second-order valence-electron chi connectivity index (χ2n) is 10.1. The van der Waals surface area contributed by atoms with E-state index in [4.69, 9.17) is 10.1 Å². The molecule has 10 heteroatoms. The molecule has 0 atom stereocenters. The summed E-state index contributed by atoms with van der Waals surface area (Å²) < 4.78 is 1.89. The van der Waals surface area contributed by atoms with E-state index in [9.17, 15) is 4.79 Å². The first-order chi connectivity index (χ1) is 18.0. The van der Waals surface area contributed by atoms with Crippen LogP contribution in [-0.2, 0) is 4.79 Å². The average Bonchev–Trinajstić information content (AvgIpc) is 3.53. The summed E-state index contributed by atoms with van der Waals surface area (Å²) in [6.07, 6.45) is 7.25. The number of benzene rings is 1. The molecule has 0 radical (unpaired) electrons. The Morgan fingerprint density at radius 3 is 2.30 bits per heavy atom. The van der Waals surface area contributed by atoms with E-state index in [0.717, 1.165) is 79.4 Å². The van der Waals surface area contributed by atoms with Crippen LogP contribution in [0.2, 0.25) is 0 Å². The third kappa shape index (κ3) is 4.90. The van der Waals surface area contributed by atoms with Crippen molar-refractivity contribution >= 4 is 33.3 Å². The first-order valence-corrected chi connectivity index (χ1v) is 13.9. The minimum absolute atomic E-state index is 0.0836. The Balaban J connectivity index is 1.04. The van der Waals surface area contributed by atoms with Crippen LogP contribution in [0.5, 0.6) is 0 Å². The Bertz CT molecular complexity index is 1320. The van der Waals surface area contributed by atoms with Crippen LogP contribution in [0.3, 0.4) is 0 Å². The fraction of sp³-hybridized carbons (Fsp3) is 0.444. The van der Waals surface area contributed by atoms with Crippen molar-refractivity contribution in [3.05, 3.63) is 54.5 Å². The SMILES string of the molecule is CC(C)c1ccc(-c2cn3nc(N4CCC(C(=O)N5CCN(c6ncccn6)CC5)CC4)sc3n2)cc1. The molecule has 0 spiro atoms. The first-order valence-electron chi connectivity index (χ1n) is 13.1. The molecule has 2 saturated heterocycles. The van der Waals surface area contributed by atoms with E-state index >= 15 is 0 Å². The van der Waals surface area contributed by atoms with E-state index in [2.05, 4.69) is 57.9 Å². The zero-order chi connectivity index (χ0) is 25.4. The number of aromatic nitrogens is 5. The number of amides is 1. The van der Waals surface area contributed by atoms with E-state index in [1.54, 1.807) is 23.7 Å². The molecule has 2 fully saturated rings. The predicted octanol–water partition coefficient (Wildman–Crippen LogP) is 3.94. The number of imidazole rings is 1. The molecule has 9 nitrogen and oxygen atoms in total. The molecule has 192 valence electrons. The van der Waals surface area contributed by atoms with Gasteiger partial charge < -0.3 is 14.7 Å². The zero-order valence-electron chi connectivity index (χ0n) is 21.3. The summed E-state index contributed by atoms with van der Waals surface area (Å²) in [5.41, 5.74) is 3.39. The van der Waals surface area contributed by atoms with Crippen molar-refractivity contribution in [2.45, 2.75) is 32.6 Å². The highest BCUT2D eigenvalue weighted by Gasteiger charge is 2.31. The number of carbonyl (C=O) groups is 1. The molecule has 5 heterocycles. The number of hydrogen-bond acceptors (Lipinski definition) is 8. The van der Waals surface area contributed by atoms with Crippen LogP contribution in [0.4, 0.5) is 11.1 Å². The average molecular weight is 517 g/mol. The van der Waals surface area contributed by atoms with Gasteiger partial charge in [0.15, 0.2) is 0 Å². The molecular weight excluding hydrogens is 484 g/mol. The van der Waals surface area contributed by atoms with Gasteiger partial charge in [0.05, 0.1) is 11.9 Å². The number of rotatable bonds is 5. The normalized spacial score (nSPS) is 17.2. The van der Waals surface area contributed by atoms with Gasteiger partial charge in [-0.15, -0.1) is 5.10 Å². The van der Waals surface area contributed by atoms with Crippen molar-refractivity contribution in [1.29, 1.82) is 0 Å². The highest BCUT2D eigenvalue weighted by molar-refractivity contribution is 7.20. The number of piperazine rings is 1. The summed E-state index contributed by atoms with van der Waals surface area (Å²) in [6, 6.07) is 10.5. The van der Waals surface area contributed by atoms with Gasteiger partial charge >= 0.3 is 0 Å². The van der Waals surface area contributed by atoms with Gasteiger partial charge in [0, 0.05) is 63.1 Å². The molecular formula is C27H32N8OS. The Morgan fingerprint density at radius 1 is 0.946 bits per heavy atom. The molecule has 2 aliphatic heterocycles. The summed E-state index contributed by atoms with van der Waals surface area (Å²) in [4.78, 5) is 34.1. The molecule has 0 saturated carbocycles. The Morgan fingerprint density at radius 2 is 1.65 bits per heavy atom. The molecule has 3 aromatic heterocycles. The lowest BCUT2D eigenvalue weighted by molar-refractivity contribution is -0.136. The maximum absolute atomic E-state index is 13.2. The maximum Gasteiger partial charge on any atom is 0.225 e. The lowest BCUT2D eigenvalue weighted by atomic mass is 9.95. The molecule has 1 amide bonds. The smallest absolute Gasteiger partial charge is 0.225 e. The molecule has 2 aliphatic rings. The number of piperidine rings is 1. The summed E-state index contributed by atoms with van der Waals surface area (Å²) in [6.45, 7) is 9.09. The predicted molar refractivity (Wildman–Crippen MR) is 146 cm³/mol. The van der Waals surface area contributed by atoms with Crippen molar-refractivity contribution < 1.29 is 4.79 Å². The molecule has 37 heavy (non-hydrogen) atoms. The highest BCUT2D eigenvalue weighted by atomic mass is 32.1. The van der Waals surface area contributed by atoms with E-state index in [0.29, 0.717) is 5.92 Å². The van der Waals surface area contributed by atoms with E-state index < -0.39 is 0 Å². The fourth-order valence-electron chi connectivity index (χ4n) is 5.15. The van der Waals surface area contributed by atoms with Crippen molar-refractivity contribution in [2.24, 2.45) is 5.92 Å². The van der Waals surface area contributed by atoms with Crippen LogP contribution in [-0.4, -0.2) is 74.6 Å². The monoisotopic (exact) mass is 516 g/mol. The summed E-state index contributed by atoms with van der Waals surface area (Å²) in [5.74, 6) is 1.63. The van der Waals surface area contributed by atoms with Gasteiger partial charge in [-0.1, -0.05) is 49.4 Å². The Labute approximate surface area is 220 Å². The van der Waals surface area contributed by atoms with E-state index in [1.807, 2.05) is 21.7 Å². The van der Waals surface area contributed by atoms with Crippen molar-refractivity contribution in [3.63, 3.8) is 0 Å². The quantitative estimate of drug-likeness (QED) is 0.397. The van der Waals surface area contributed by atoms with Gasteiger partial charge in [-0.3, -0.25) is 4.79 Å². The topological polar surface area (TPSA) is 82.8 Å². The third-order valence-corrected chi connectivity index (χ3v) is 8.43. The van der Waals surface area contributed by atoms with Crippen LogP contribution in [0, 0.1) is 5.92 Å². The molecule has 0 bridgehead atoms. The maximum atomic E-state index is 13.2. The van der Waals surface area contributed by atoms with Gasteiger partial charge in [0.2, 0.25) is 21.9 Å². The van der Waals surface area contributed by atoms with Gasteiger partial charge in [-0.2, -0.15) is 0 Å². The lowest BCUT2D eigenvalue weighted by Crippen LogP contribution is -2.52. The third-order valence-electron chi connectivity index (χ3n) is 7.45. The standard InChI is InChI=1S/C27H32N8OS/c1-19(2)20-4-6-21(7-5-20)23-18-35-26(30-23)37-27(31-35)34-12-8-22(9-13-34)24(36)32-14-16-33(17-15-32)25-28-10-3-11-29-25/h3-7,10-11,18-19,22H,8-9,12-17H2,1-2H3. The van der Waals surface area contributed by atoms with E-state index in [-0.39, 0.29) is 11.8 Å². The number of fused-ring (bicyclic) bond motifs is 1. The van der Waals surface area contributed by atoms with Gasteiger partial charge in [-0.25, -0.2) is 19.5 Å². The fourth-order valence-corrected chi connectivity index (χ4v) is 6.09. The zero-order valence-corrected chi connectivity index (χ0v) is 22.1. The van der Waals surface area contributed by atoms with Crippen LogP contribution < -0.4 is 9.80 Å². The van der Waals surface area contributed by atoms with Crippen molar-refractivity contribution in [1.82, 2.24) is 29.5 Å². The van der Waals surface area contributed by atoms with Crippen molar-refractivity contribution in [2.75, 3.05) is 49.1 Å². The molecule has 0 aliphatic carbocycles. The minimum atomic E-state index is 0.0836. The van der Waals surface area contributed by atoms with Crippen LogP contribution in [0.25, 0.3) is 16.2 Å². The van der Waals surface area contributed by atoms with E-state index in [1.165, 1.54) is 5.56 Å². The summed E-state index contributed by atoms with van der Waals surface area (Å²) in [7, 11) is 0. The second-order valence-corrected chi connectivity index (χ2v) is 11.1. The summed E-state index contributed by atoms with van der Waals surface area (Å²) in [5, 5.41) is 5.79. The molecule has 6 rings (SSSR count). The number of nitrogens with zero attached hydrogens (tertiary/aromatic N) is 8. The molecule has 1 aromatic carbocycles. The van der Waals surface area contributed by atoms with Gasteiger partial charge in [-0.05, 0) is 30.4 Å². The number of hydrogen-bond donors (Lipinski definition) is 0. The van der Waals surface area contributed by atoms with Crippen LogP contribution in [0.15, 0.2) is 48.9 Å². The lowest BCUT2D eigenvalue weighted by Gasteiger charge is -2.38. The summed E-state index contributed by atoms with van der Waals surface area (Å²) >= 11 is 1.62.